The van der Waals surface area contributed by atoms with Crippen LogP contribution in [-0.2, 0) is 0 Å². The zero-order chi connectivity index (χ0) is 14.2. The number of piperazine rings is 1. The lowest BCUT2D eigenvalue weighted by atomic mass is 10.1. The van der Waals surface area contributed by atoms with E-state index in [1.54, 1.807) is 4.90 Å². The second-order valence-corrected chi connectivity index (χ2v) is 5.67. The Morgan fingerprint density at radius 1 is 1.29 bits per heavy atom. The van der Waals surface area contributed by atoms with Gasteiger partial charge in [0.1, 0.15) is 5.52 Å². The van der Waals surface area contributed by atoms with Crippen molar-refractivity contribution >= 4 is 17.0 Å². The highest BCUT2D eigenvalue weighted by atomic mass is 16.6. The molecule has 2 aromatic rings. The molecule has 0 radical (unpaired) electrons. The molecule has 21 heavy (non-hydrogen) atoms. The molecule has 0 spiro atoms. The number of hydrogen-bond donors (Lipinski definition) is 2. The first kappa shape index (κ1) is 12.6. The lowest BCUT2D eigenvalue weighted by Crippen LogP contribution is -2.47. The molecule has 6 nitrogen and oxygen atoms in total. The highest BCUT2D eigenvalue weighted by molar-refractivity contribution is 5.89. The fourth-order valence-corrected chi connectivity index (χ4v) is 2.80. The third kappa shape index (κ3) is 2.35. The molecule has 1 aromatic heterocycles. The number of aromatic nitrogens is 2. The van der Waals surface area contributed by atoms with E-state index in [1.165, 1.54) is 12.8 Å². The lowest BCUT2D eigenvalue weighted by molar-refractivity contribution is 0.146. The molecule has 6 heteroatoms. The van der Waals surface area contributed by atoms with Crippen LogP contribution in [0.2, 0.25) is 0 Å². The van der Waals surface area contributed by atoms with Crippen molar-refractivity contribution in [2.24, 2.45) is 0 Å². The number of para-hydroxylation sites is 1. The van der Waals surface area contributed by atoms with E-state index in [2.05, 4.69) is 15.5 Å². The maximum atomic E-state index is 12.2. The first-order valence-electron chi connectivity index (χ1n) is 7.47. The van der Waals surface area contributed by atoms with Crippen molar-refractivity contribution in [2.75, 3.05) is 26.2 Å². The second-order valence-electron chi connectivity index (χ2n) is 5.67. The Morgan fingerprint density at radius 3 is 2.86 bits per heavy atom. The van der Waals surface area contributed by atoms with E-state index < -0.39 is 0 Å². The predicted octanol–water partition coefficient (Wildman–Crippen LogP) is 1.84. The van der Waals surface area contributed by atoms with Gasteiger partial charge in [0.05, 0.1) is 5.69 Å². The van der Waals surface area contributed by atoms with Crippen LogP contribution in [0.3, 0.4) is 0 Å². The first-order chi connectivity index (χ1) is 10.3. The van der Waals surface area contributed by atoms with Gasteiger partial charge >= 0.3 is 6.09 Å². The Labute approximate surface area is 122 Å². The van der Waals surface area contributed by atoms with Crippen molar-refractivity contribution in [2.45, 2.75) is 18.8 Å². The highest BCUT2D eigenvalue weighted by Crippen LogP contribution is 2.43. The Hall–Kier alpha value is -2.08. The van der Waals surface area contributed by atoms with Crippen LogP contribution in [0, 0.1) is 0 Å². The Kier molecular flexibility index (Phi) is 3.03. The zero-order valence-corrected chi connectivity index (χ0v) is 11.8. The molecule has 2 heterocycles. The van der Waals surface area contributed by atoms with E-state index in [1.807, 2.05) is 18.2 Å². The Bertz CT molecular complexity index is 671. The number of benzene rings is 1. The van der Waals surface area contributed by atoms with Gasteiger partial charge in [-0.1, -0.05) is 12.1 Å². The van der Waals surface area contributed by atoms with Crippen molar-refractivity contribution in [1.82, 2.24) is 20.4 Å². The number of ether oxygens (including phenoxy) is 1. The summed E-state index contributed by atoms with van der Waals surface area (Å²) in [6, 6.07) is 5.77. The normalized spacial score (nSPS) is 19.0. The maximum Gasteiger partial charge on any atom is 0.415 e. The number of rotatable bonds is 2. The van der Waals surface area contributed by atoms with Crippen LogP contribution in [0.1, 0.15) is 24.5 Å². The average Bonchev–Trinajstić information content (AvgIpc) is 3.28. The summed E-state index contributed by atoms with van der Waals surface area (Å²) in [7, 11) is 0. The van der Waals surface area contributed by atoms with E-state index in [4.69, 9.17) is 4.74 Å². The Morgan fingerprint density at radius 2 is 2.10 bits per heavy atom. The van der Waals surface area contributed by atoms with Crippen LogP contribution in [0.4, 0.5) is 4.79 Å². The summed E-state index contributed by atoms with van der Waals surface area (Å²) < 4.78 is 5.57. The summed E-state index contributed by atoms with van der Waals surface area (Å²) in [5.74, 6) is 1.13. The highest BCUT2D eigenvalue weighted by Gasteiger charge is 2.29. The number of nitrogens with zero attached hydrogens (tertiary/aromatic N) is 2. The van der Waals surface area contributed by atoms with Crippen LogP contribution in [-0.4, -0.2) is 47.4 Å². The summed E-state index contributed by atoms with van der Waals surface area (Å²) in [5.41, 5.74) is 1.92. The monoisotopic (exact) mass is 286 g/mol. The number of carbonyl (C=O) groups excluding carboxylic acids is 1. The standard InChI is InChI=1S/C15H18N4O2/c20-15(19-8-6-16-7-9-19)21-12-3-1-2-11-13(10-4-5-10)17-18-14(11)12/h1-3,10,16H,4-9H2,(H,17,18). The third-order valence-corrected chi connectivity index (χ3v) is 4.13. The molecule has 2 N–H and O–H groups in total. The van der Waals surface area contributed by atoms with Gasteiger partial charge in [0, 0.05) is 37.5 Å². The fraction of sp³-hybridized carbons (Fsp3) is 0.467. The summed E-state index contributed by atoms with van der Waals surface area (Å²) in [5, 5.41) is 11.7. The smallest absolute Gasteiger partial charge is 0.408 e. The van der Waals surface area contributed by atoms with Crippen LogP contribution in [0.5, 0.6) is 5.75 Å². The third-order valence-electron chi connectivity index (χ3n) is 4.13. The van der Waals surface area contributed by atoms with E-state index in [9.17, 15) is 4.79 Å². The van der Waals surface area contributed by atoms with Crippen LogP contribution in [0.25, 0.3) is 10.9 Å². The van der Waals surface area contributed by atoms with Crippen LogP contribution >= 0.6 is 0 Å². The molecular formula is C15H18N4O2. The number of nitrogens with one attached hydrogen (secondary N) is 2. The van der Waals surface area contributed by atoms with Gasteiger partial charge in [0.2, 0.25) is 0 Å². The molecule has 2 aliphatic rings. The minimum atomic E-state index is -0.286. The summed E-state index contributed by atoms with van der Waals surface area (Å²) in [4.78, 5) is 13.9. The minimum absolute atomic E-state index is 0.286. The van der Waals surface area contributed by atoms with E-state index in [0.29, 0.717) is 24.8 Å². The number of aromatic amines is 1. The van der Waals surface area contributed by atoms with E-state index in [0.717, 1.165) is 29.7 Å². The van der Waals surface area contributed by atoms with Crippen LogP contribution < -0.4 is 10.1 Å². The number of H-pyrrole nitrogens is 1. The molecule has 1 saturated carbocycles. The van der Waals surface area contributed by atoms with Crippen molar-refractivity contribution < 1.29 is 9.53 Å². The predicted molar refractivity (Wildman–Crippen MR) is 78.5 cm³/mol. The van der Waals surface area contributed by atoms with Gasteiger partial charge in [0.15, 0.2) is 5.75 Å². The van der Waals surface area contributed by atoms with Gasteiger partial charge in [-0.3, -0.25) is 5.10 Å². The van der Waals surface area contributed by atoms with Crippen molar-refractivity contribution in [3.05, 3.63) is 23.9 Å². The quantitative estimate of drug-likeness (QED) is 0.884. The van der Waals surface area contributed by atoms with Gasteiger partial charge in [-0.25, -0.2) is 4.79 Å². The van der Waals surface area contributed by atoms with Gasteiger partial charge in [-0.15, -0.1) is 0 Å². The van der Waals surface area contributed by atoms with Crippen molar-refractivity contribution in [1.29, 1.82) is 0 Å². The number of amides is 1. The molecule has 110 valence electrons. The molecule has 1 saturated heterocycles. The summed E-state index contributed by atoms with van der Waals surface area (Å²) in [6.45, 7) is 3.00. The van der Waals surface area contributed by atoms with Crippen LogP contribution in [0.15, 0.2) is 18.2 Å². The Balaban J connectivity index is 1.59. The molecule has 1 aliphatic carbocycles. The van der Waals surface area contributed by atoms with E-state index in [-0.39, 0.29) is 6.09 Å². The van der Waals surface area contributed by atoms with Gasteiger partial charge in [0.25, 0.3) is 0 Å². The molecule has 1 aliphatic heterocycles. The van der Waals surface area contributed by atoms with Crippen molar-refractivity contribution in [3.8, 4) is 5.75 Å². The maximum absolute atomic E-state index is 12.2. The average molecular weight is 286 g/mol. The molecular weight excluding hydrogens is 268 g/mol. The summed E-state index contributed by atoms with van der Waals surface area (Å²) >= 11 is 0. The number of hydrogen-bond acceptors (Lipinski definition) is 4. The van der Waals surface area contributed by atoms with E-state index >= 15 is 0 Å². The molecule has 2 fully saturated rings. The molecule has 1 aromatic carbocycles. The topological polar surface area (TPSA) is 70.2 Å². The largest absolute Gasteiger partial charge is 0.415 e. The molecule has 4 rings (SSSR count). The fourth-order valence-electron chi connectivity index (χ4n) is 2.80. The second kappa shape index (κ2) is 5.04. The minimum Gasteiger partial charge on any atom is -0.408 e. The van der Waals surface area contributed by atoms with Gasteiger partial charge in [-0.2, -0.15) is 5.10 Å². The lowest BCUT2D eigenvalue weighted by Gasteiger charge is -2.26. The molecule has 1 amide bonds. The number of fused-ring (bicyclic) bond motifs is 1. The zero-order valence-electron chi connectivity index (χ0n) is 11.8. The first-order valence-corrected chi connectivity index (χ1v) is 7.47. The van der Waals surface area contributed by atoms with Gasteiger partial charge in [-0.05, 0) is 18.9 Å². The summed E-state index contributed by atoms with van der Waals surface area (Å²) in [6.07, 6.45) is 2.11. The molecule has 0 atom stereocenters. The molecule has 0 bridgehead atoms. The van der Waals surface area contributed by atoms with Gasteiger partial charge < -0.3 is 15.0 Å². The van der Waals surface area contributed by atoms with Crippen molar-refractivity contribution in [3.63, 3.8) is 0 Å². The molecule has 0 unspecified atom stereocenters. The number of carbonyl (C=O) groups is 1. The SMILES string of the molecule is O=C(Oc1cccc2c(C3CC3)n[nH]c12)N1CCNCC1.